The van der Waals surface area contributed by atoms with Gasteiger partial charge in [0, 0.05) is 10.2 Å². The summed E-state index contributed by atoms with van der Waals surface area (Å²) < 4.78 is 17.6. The van der Waals surface area contributed by atoms with Crippen LogP contribution in [0.1, 0.15) is 18.1 Å². The summed E-state index contributed by atoms with van der Waals surface area (Å²) in [6, 6.07) is 19.8. The molecule has 3 aromatic rings. The molecule has 0 aliphatic carbocycles. The number of hydrogen-bond donors (Lipinski definition) is 2. The second-order valence-electron chi connectivity index (χ2n) is 7.38. The van der Waals surface area contributed by atoms with Crippen molar-refractivity contribution in [1.29, 1.82) is 0 Å². The van der Waals surface area contributed by atoms with Gasteiger partial charge in [-0.2, -0.15) is 5.10 Å². The largest absolute Gasteiger partial charge is 0.490 e. The number of benzene rings is 3. The predicted octanol–water partition coefficient (Wildman–Crippen LogP) is 4.70. The van der Waals surface area contributed by atoms with Gasteiger partial charge in [0.25, 0.3) is 11.8 Å². The third-order valence-corrected chi connectivity index (χ3v) is 5.02. The third-order valence-electron chi connectivity index (χ3n) is 4.53. The number of ether oxygens (including phenoxy) is 3. The van der Waals surface area contributed by atoms with Crippen molar-refractivity contribution in [3.63, 3.8) is 0 Å². The first-order chi connectivity index (χ1) is 16.9. The van der Waals surface area contributed by atoms with Crippen LogP contribution in [0.2, 0.25) is 0 Å². The maximum absolute atomic E-state index is 12.2. The van der Waals surface area contributed by atoms with Crippen LogP contribution in [0.4, 0.5) is 5.69 Å². The van der Waals surface area contributed by atoms with Crippen LogP contribution >= 0.6 is 15.9 Å². The Balaban J connectivity index is 1.51. The summed E-state index contributed by atoms with van der Waals surface area (Å²) in [5.41, 5.74) is 4.90. The first-order valence-electron chi connectivity index (χ1n) is 10.9. The molecule has 0 spiro atoms. The van der Waals surface area contributed by atoms with Gasteiger partial charge in [0.15, 0.2) is 24.7 Å². The average molecular weight is 540 g/mol. The van der Waals surface area contributed by atoms with Crippen molar-refractivity contribution in [2.24, 2.45) is 5.10 Å². The van der Waals surface area contributed by atoms with Crippen LogP contribution in [0.25, 0.3) is 0 Å². The zero-order chi connectivity index (χ0) is 25.0. The highest BCUT2D eigenvalue weighted by Crippen LogP contribution is 2.28. The summed E-state index contributed by atoms with van der Waals surface area (Å²) >= 11 is 3.35. The third kappa shape index (κ3) is 8.78. The fourth-order valence-electron chi connectivity index (χ4n) is 2.89. The van der Waals surface area contributed by atoms with Gasteiger partial charge in [0.2, 0.25) is 0 Å². The Morgan fingerprint density at radius 1 is 0.914 bits per heavy atom. The van der Waals surface area contributed by atoms with E-state index in [1.54, 1.807) is 30.3 Å². The highest BCUT2D eigenvalue weighted by atomic mass is 79.9. The SMILES string of the molecule is CCOc1cc(/C=N/NC(=O)COc2cccc(Br)c2)ccc1OCC(=O)Nc1ccc(C)cc1. The van der Waals surface area contributed by atoms with Gasteiger partial charge in [-0.1, -0.05) is 39.7 Å². The van der Waals surface area contributed by atoms with E-state index in [1.165, 1.54) is 6.21 Å². The Hall–Kier alpha value is -3.85. The number of hydrazone groups is 1. The lowest BCUT2D eigenvalue weighted by molar-refractivity contribution is -0.123. The van der Waals surface area contributed by atoms with E-state index in [0.717, 1.165) is 10.0 Å². The second-order valence-corrected chi connectivity index (χ2v) is 8.30. The Morgan fingerprint density at radius 2 is 1.69 bits per heavy atom. The molecule has 0 aliphatic rings. The maximum Gasteiger partial charge on any atom is 0.277 e. The molecule has 3 aromatic carbocycles. The molecule has 2 amide bonds. The van der Waals surface area contributed by atoms with Crippen molar-refractivity contribution in [3.05, 3.63) is 82.3 Å². The Kier molecular flexibility index (Phi) is 9.68. The summed E-state index contributed by atoms with van der Waals surface area (Å²) in [5, 5.41) is 6.74. The van der Waals surface area contributed by atoms with Crippen molar-refractivity contribution in [1.82, 2.24) is 5.43 Å². The highest BCUT2D eigenvalue weighted by molar-refractivity contribution is 9.10. The molecular formula is C26H26BrN3O5. The molecule has 9 heteroatoms. The minimum atomic E-state index is -0.397. The molecule has 0 radical (unpaired) electrons. The first kappa shape index (κ1) is 25.8. The van der Waals surface area contributed by atoms with E-state index in [-0.39, 0.29) is 19.1 Å². The van der Waals surface area contributed by atoms with Gasteiger partial charge in [0.05, 0.1) is 12.8 Å². The normalized spacial score (nSPS) is 10.6. The topological polar surface area (TPSA) is 98.2 Å². The van der Waals surface area contributed by atoms with Crippen molar-refractivity contribution in [2.75, 3.05) is 25.1 Å². The van der Waals surface area contributed by atoms with Gasteiger partial charge >= 0.3 is 0 Å². The quantitative estimate of drug-likeness (QED) is 0.272. The number of carbonyl (C=O) groups excluding carboxylic acids is 2. The number of amides is 2. The van der Waals surface area contributed by atoms with Crippen molar-refractivity contribution in [3.8, 4) is 17.2 Å². The van der Waals surface area contributed by atoms with Gasteiger partial charge in [0.1, 0.15) is 5.75 Å². The lowest BCUT2D eigenvalue weighted by atomic mass is 10.2. The maximum atomic E-state index is 12.2. The fraction of sp³-hybridized carbons (Fsp3) is 0.192. The van der Waals surface area contributed by atoms with E-state index < -0.39 is 5.91 Å². The monoisotopic (exact) mass is 539 g/mol. The van der Waals surface area contributed by atoms with Crippen molar-refractivity contribution in [2.45, 2.75) is 13.8 Å². The highest BCUT2D eigenvalue weighted by Gasteiger charge is 2.10. The summed E-state index contributed by atoms with van der Waals surface area (Å²) in [7, 11) is 0. The molecule has 3 rings (SSSR count). The van der Waals surface area contributed by atoms with E-state index in [0.29, 0.717) is 35.1 Å². The summed E-state index contributed by atoms with van der Waals surface area (Å²) in [5.74, 6) is 0.780. The standard InChI is InChI=1S/C26H26BrN3O5/c1-3-33-24-13-19(15-28-30-26(32)17-34-22-6-4-5-20(27)14-22)9-12-23(24)35-16-25(31)29-21-10-7-18(2)8-11-21/h4-15H,3,16-17H2,1-2H3,(H,29,31)(H,30,32)/b28-15+. The number of hydrogen-bond acceptors (Lipinski definition) is 6. The lowest BCUT2D eigenvalue weighted by Gasteiger charge is -2.12. The summed E-state index contributed by atoms with van der Waals surface area (Å²) in [6.07, 6.45) is 1.48. The number of rotatable bonds is 11. The molecule has 0 bridgehead atoms. The molecule has 0 atom stereocenters. The molecule has 35 heavy (non-hydrogen) atoms. The molecule has 182 valence electrons. The van der Waals surface area contributed by atoms with Gasteiger partial charge in [-0.05, 0) is 67.9 Å². The van der Waals surface area contributed by atoms with E-state index in [4.69, 9.17) is 14.2 Å². The van der Waals surface area contributed by atoms with Crippen LogP contribution in [-0.4, -0.2) is 37.8 Å². The van der Waals surface area contributed by atoms with E-state index >= 15 is 0 Å². The molecular weight excluding hydrogens is 514 g/mol. The van der Waals surface area contributed by atoms with Crippen LogP contribution in [0, 0.1) is 6.92 Å². The Bertz CT molecular complexity index is 1180. The first-order valence-corrected chi connectivity index (χ1v) is 11.7. The minimum Gasteiger partial charge on any atom is -0.490 e. The number of anilines is 1. The molecule has 2 N–H and O–H groups in total. The van der Waals surface area contributed by atoms with Crippen LogP contribution in [-0.2, 0) is 9.59 Å². The van der Waals surface area contributed by atoms with Crippen molar-refractivity contribution >= 4 is 39.6 Å². The smallest absolute Gasteiger partial charge is 0.277 e. The second kappa shape index (κ2) is 13.1. The average Bonchev–Trinajstić information content (AvgIpc) is 2.84. The zero-order valence-corrected chi connectivity index (χ0v) is 21.0. The number of carbonyl (C=O) groups is 2. The van der Waals surface area contributed by atoms with Gasteiger partial charge < -0.3 is 19.5 Å². The van der Waals surface area contributed by atoms with Crippen LogP contribution < -0.4 is 25.0 Å². The number of halogens is 1. The van der Waals surface area contributed by atoms with Crippen LogP contribution in [0.5, 0.6) is 17.2 Å². The molecule has 0 fully saturated rings. The molecule has 8 nitrogen and oxygen atoms in total. The van der Waals surface area contributed by atoms with E-state index in [9.17, 15) is 9.59 Å². The summed E-state index contributed by atoms with van der Waals surface area (Å²) in [4.78, 5) is 24.2. The number of aryl methyl sites for hydroxylation is 1. The molecule has 0 saturated heterocycles. The predicted molar refractivity (Wildman–Crippen MR) is 138 cm³/mol. The molecule has 0 aromatic heterocycles. The van der Waals surface area contributed by atoms with Crippen LogP contribution in [0.15, 0.2) is 76.3 Å². The molecule has 0 heterocycles. The van der Waals surface area contributed by atoms with E-state index in [1.807, 2.05) is 50.2 Å². The minimum absolute atomic E-state index is 0.171. The lowest BCUT2D eigenvalue weighted by Crippen LogP contribution is -2.24. The zero-order valence-electron chi connectivity index (χ0n) is 19.4. The fourth-order valence-corrected chi connectivity index (χ4v) is 3.26. The Labute approximate surface area is 212 Å². The summed E-state index contributed by atoms with van der Waals surface area (Å²) in [6.45, 7) is 3.90. The number of nitrogens with zero attached hydrogens (tertiary/aromatic N) is 1. The van der Waals surface area contributed by atoms with Crippen molar-refractivity contribution < 1.29 is 23.8 Å². The van der Waals surface area contributed by atoms with Gasteiger partial charge in [-0.15, -0.1) is 0 Å². The van der Waals surface area contributed by atoms with Gasteiger partial charge in [-0.3, -0.25) is 9.59 Å². The molecule has 0 saturated carbocycles. The van der Waals surface area contributed by atoms with E-state index in [2.05, 4.69) is 31.8 Å². The molecule has 0 unspecified atom stereocenters. The molecule has 0 aliphatic heterocycles. The Morgan fingerprint density at radius 3 is 2.43 bits per heavy atom. The number of nitrogens with one attached hydrogen (secondary N) is 2. The van der Waals surface area contributed by atoms with Gasteiger partial charge in [-0.25, -0.2) is 5.43 Å². The van der Waals surface area contributed by atoms with Crippen LogP contribution in [0.3, 0.4) is 0 Å².